The van der Waals surface area contributed by atoms with E-state index >= 15 is 0 Å². The van der Waals surface area contributed by atoms with Gasteiger partial charge in [-0.05, 0) is 49.6 Å². The molecule has 2 aromatic carbocycles. The number of aliphatic hydroxyl groups is 1. The first-order valence-electron chi connectivity index (χ1n) is 11.5. The zero-order valence-electron chi connectivity index (χ0n) is 19.5. The number of rotatable bonds is 4. The Morgan fingerprint density at radius 3 is 2.57 bits per heavy atom. The number of para-hydroxylation sites is 1. The van der Waals surface area contributed by atoms with Crippen molar-refractivity contribution in [3.63, 3.8) is 0 Å². The molecule has 1 saturated carbocycles. The molecule has 3 heterocycles. The molecule has 0 unspecified atom stereocenters. The van der Waals surface area contributed by atoms with Gasteiger partial charge in [0.15, 0.2) is 0 Å². The van der Waals surface area contributed by atoms with E-state index in [0.717, 1.165) is 33.2 Å². The number of ether oxygens (including phenoxy) is 1. The van der Waals surface area contributed by atoms with Gasteiger partial charge in [-0.15, -0.1) is 0 Å². The predicted molar refractivity (Wildman–Crippen MR) is 136 cm³/mol. The monoisotopic (exact) mass is 467 g/mol. The quantitative estimate of drug-likeness (QED) is 0.412. The van der Waals surface area contributed by atoms with Crippen molar-refractivity contribution in [2.24, 2.45) is 0 Å². The van der Waals surface area contributed by atoms with Crippen molar-refractivity contribution in [3.05, 3.63) is 77.6 Å². The Bertz CT molecular complexity index is 1650. The van der Waals surface area contributed by atoms with Crippen molar-refractivity contribution in [2.75, 3.05) is 12.8 Å². The number of benzene rings is 2. The third kappa shape index (κ3) is 3.37. The zero-order valence-corrected chi connectivity index (χ0v) is 19.5. The van der Waals surface area contributed by atoms with Crippen molar-refractivity contribution in [2.45, 2.75) is 31.4 Å². The zero-order chi connectivity index (χ0) is 24.3. The molecule has 0 aliphatic heterocycles. The van der Waals surface area contributed by atoms with E-state index < -0.39 is 5.60 Å². The van der Waals surface area contributed by atoms with Crippen LogP contribution in [0, 0.1) is 0 Å². The molecule has 0 spiro atoms. The fourth-order valence-electron chi connectivity index (χ4n) is 5.18. The number of hydrogen-bond acceptors (Lipinski definition) is 6. The van der Waals surface area contributed by atoms with Crippen molar-refractivity contribution < 1.29 is 9.84 Å². The summed E-state index contributed by atoms with van der Waals surface area (Å²) in [5, 5.41) is 12.3. The molecule has 0 bridgehead atoms. The maximum Gasteiger partial charge on any atom is 0.263 e. The first-order valence-corrected chi connectivity index (χ1v) is 11.5. The number of nitrogens with zero attached hydrogens (tertiary/aromatic N) is 4. The van der Waals surface area contributed by atoms with Crippen LogP contribution < -0.4 is 16.0 Å². The fraction of sp³-hybridized carbons (Fsp3) is 0.222. The van der Waals surface area contributed by atoms with Crippen LogP contribution in [0.25, 0.3) is 38.6 Å². The fourth-order valence-corrected chi connectivity index (χ4v) is 5.18. The summed E-state index contributed by atoms with van der Waals surface area (Å²) < 4.78 is 9.30. The highest BCUT2D eigenvalue weighted by Crippen LogP contribution is 2.45. The smallest absolute Gasteiger partial charge is 0.263 e. The van der Waals surface area contributed by atoms with Crippen LogP contribution in [0.1, 0.15) is 25.8 Å². The van der Waals surface area contributed by atoms with E-state index in [0.29, 0.717) is 29.8 Å². The largest absolute Gasteiger partial charge is 0.495 e. The van der Waals surface area contributed by atoms with Crippen LogP contribution in [0.3, 0.4) is 0 Å². The lowest BCUT2D eigenvalue weighted by molar-refractivity contribution is -0.0498. The van der Waals surface area contributed by atoms with Gasteiger partial charge in [-0.2, -0.15) is 0 Å². The lowest BCUT2D eigenvalue weighted by atomic mass is 9.77. The minimum atomic E-state index is -0.679. The van der Waals surface area contributed by atoms with Gasteiger partial charge in [0.2, 0.25) is 0 Å². The summed E-state index contributed by atoms with van der Waals surface area (Å²) in [6, 6.07) is 15.3. The molecule has 35 heavy (non-hydrogen) atoms. The van der Waals surface area contributed by atoms with Gasteiger partial charge >= 0.3 is 0 Å². The van der Waals surface area contributed by atoms with Crippen molar-refractivity contribution >= 4 is 27.6 Å². The Labute approximate surface area is 201 Å². The van der Waals surface area contributed by atoms with E-state index in [1.54, 1.807) is 17.9 Å². The molecular weight excluding hydrogens is 442 g/mol. The molecule has 6 rings (SSSR count). The maximum absolute atomic E-state index is 13.6. The van der Waals surface area contributed by atoms with Gasteiger partial charge < -0.3 is 20.1 Å². The second-order valence-corrected chi connectivity index (χ2v) is 9.44. The summed E-state index contributed by atoms with van der Waals surface area (Å²) in [6.45, 7) is 1.84. The minimum absolute atomic E-state index is 0.117. The first-order chi connectivity index (χ1) is 16.9. The Morgan fingerprint density at radius 2 is 1.86 bits per heavy atom. The van der Waals surface area contributed by atoms with Gasteiger partial charge in [0.25, 0.3) is 5.56 Å². The number of pyridine rings is 1. The molecule has 3 aromatic heterocycles. The van der Waals surface area contributed by atoms with E-state index in [1.165, 1.54) is 6.33 Å². The van der Waals surface area contributed by atoms with Crippen LogP contribution >= 0.6 is 0 Å². The normalized spacial score (nSPS) is 19.7. The van der Waals surface area contributed by atoms with Gasteiger partial charge in [0, 0.05) is 28.9 Å². The third-order valence-electron chi connectivity index (χ3n) is 6.93. The second-order valence-electron chi connectivity index (χ2n) is 9.44. The average molecular weight is 468 g/mol. The van der Waals surface area contributed by atoms with E-state index in [9.17, 15) is 9.90 Å². The molecule has 5 aromatic rings. The second kappa shape index (κ2) is 7.68. The number of aromatic nitrogens is 4. The summed E-state index contributed by atoms with van der Waals surface area (Å²) in [4.78, 5) is 22.3. The Morgan fingerprint density at radius 1 is 1.09 bits per heavy atom. The molecule has 1 fully saturated rings. The Hall–Kier alpha value is -4.17. The van der Waals surface area contributed by atoms with E-state index in [4.69, 9.17) is 10.5 Å². The van der Waals surface area contributed by atoms with Gasteiger partial charge in [-0.1, -0.05) is 24.3 Å². The highest BCUT2D eigenvalue weighted by Gasteiger charge is 2.40. The van der Waals surface area contributed by atoms with Crippen LogP contribution in [0.15, 0.2) is 72.0 Å². The molecule has 0 saturated heterocycles. The molecule has 3 N–H and O–H groups in total. The topological polar surface area (TPSA) is 108 Å². The summed E-state index contributed by atoms with van der Waals surface area (Å²) in [7, 11) is 1.60. The van der Waals surface area contributed by atoms with Crippen LogP contribution in [0.2, 0.25) is 0 Å². The summed E-state index contributed by atoms with van der Waals surface area (Å²) in [5.74, 6) is 0.985. The van der Waals surface area contributed by atoms with Crippen LogP contribution in [-0.4, -0.2) is 36.9 Å². The molecular formula is C27H25N5O3. The van der Waals surface area contributed by atoms with Crippen molar-refractivity contribution in [3.8, 4) is 22.6 Å². The van der Waals surface area contributed by atoms with E-state index in [1.807, 2.05) is 61.7 Å². The lowest BCUT2D eigenvalue weighted by Gasteiger charge is -2.41. The summed E-state index contributed by atoms with van der Waals surface area (Å²) in [5.41, 5.74) is 8.65. The van der Waals surface area contributed by atoms with Gasteiger partial charge in [0.1, 0.15) is 23.5 Å². The molecule has 1 aliphatic rings. The standard InChI is InChI=1S/C27H25N5O3/c1-27(34)11-18(12-27)31-13-21(23-24(28)29-15-30-25(23)31)16-8-9-19-20(10-16)26(33)32(14-22(19)35-2)17-6-4-3-5-7-17/h3-10,13-15,18,34H,11-12H2,1-2H3,(H2,28,29,30). The number of methoxy groups -OCH3 is 1. The van der Waals surface area contributed by atoms with Crippen molar-refractivity contribution in [1.82, 2.24) is 19.1 Å². The molecule has 8 heteroatoms. The molecule has 0 amide bonds. The number of hydrogen-bond donors (Lipinski definition) is 2. The third-order valence-corrected chi connectivity index (χ3v) is 6.93. The SMILES string of the molecule is COc1cn(-c2ccccc2)c(=O)c2cc(-c3cn(C4CC(C)(O)C4)c4ncnc(N)c34)ccc12. The lowest BCUT2D eigenvalue weighted by Crippen LogP contribution is -2.41. The van der Waals surface area contributed by atoms with Crippen LogP contribution in [0.4, 0.5) is 5.82 Å². The molecule has 176 valence electrons. The highest BCUT2D eigenvalue weighted by molar-refractivity contribution is 6.02. The van der Waals surface area contributed by atoms with Crippen molar-refractivity contribution in [1.29, 1.82) is 0 Å². The maximum atomic E-state index is 13.6. The number of anilines is 1. The van der Waals surface area contributed by atoms with Gasteiger partial charge in [-0.25, -0.2) is 9.97 Å². The number of nitrogens with two attached hydrogens (primary N) is 1. The number of fused-ring (bicyclic) bond motifs is 2. The van der Waals surface area contributed by atoms with Crippen LogP contribution in [0.5, 0.6) is 5.75 Å². The minimum Gasteiger partial charge on any atom is -0.495 e. The number of nitrogen functional groups attached to an aromatic ring is 1. The van der Waals surface area contributed by atoms with Crippen LogP contribution in [-0.2, 0) is 0 Å². The van der Waals surface area contributed by atoms with Gasteiger partial charge in [0.05, 0.1) is 29.7 Å². The van der Waals surface area contributed by atoms with E-state index in [-0.39, 0.29) is 11.6 Å². The highest BCUT2D eigenvalue weighted by atomic mass is 16.5. The molecule has 0 atom stereocenters. The molecule has 1 aliphatic carbocycles. The molecule has 0 radical (unpaired) electrons. The average Bonchev–Trinajstić information content (AvgIpc) is 3.24. The molecule has 8 nitrogen and oxygen atoms in total. The first kappa shape index (κ1) is 21.4. The Kier molecular flexibility index (Phi) is 4.69. The Balaban J connectivity index is 1.58. The van der Waals surface area contributed by atoms with Gasteiger partial charge in [-0.3, -0.25) is 9.36 Å². The van der Waals surface area contributed by atoms with E-state index in [2.05, 4.69) is 14.5 Å². The predicted octanol–water partition coefficient (Wildman–Crippen LogP) is 4.08. The summed E-state index contributed by atoms with van der Waals surface area (Å²) >= 11 is 0. The summed E-state index contributed by atoms with van der Waals surface area (Å²) in [6.07, 6.45) is 6.46.